The first-order valence-electron chi connectivity index (χ1n) is 17.3. The predicted molar refractivity (Wildman–Crippen MR) is 213 cm³/mol. The average molecular weight is 838 g/mol. The SMILES string of the molecule is Cc1cc(-c2ccc(N=Nc3cc(S(=O)(=O)O)c4ccccc4c3[O-])c(C)c2)ccc1N=Nc1ccc(N=Nc2c([O-])ccc3ccccc23)cc1NC(=O)C(=O)O.[Na+].[Na+]. The first-order chi connectivity index (χ1) is 27.8. The summed E-state index contributed by atoms with van der Waals surface area (Å²) >= 11 is 0. The summed E-state index contributed by atoms with van der Waals surface area (Å²) in [6.45, 7) is 3.62. The van der Waals surface area contributed by atoms with Gasteiger partial charge in [-0.15, -0.1) is 5.11 Å². The van der Waals surface area contributed by atoms with Gasteiger partial charge in [0.2, 0.25) is 0 Å². The molecular formula is C42H29N7Na2O8S. The molecular weight excluding hydrogens is 809 g/mol. The first-order valence-corrected chi connectivity index (χ1v) is 18.7. The van der Waals surface area contributed by atoms with Crippen molar-refractivity contribution in [3.63, 3.8) is 0 Å². The fourth-order valence-electron chi connectivity index (χ4n) is 6.09. The number of hydrogen-bond donors (Lipinski definition) is 3. The van der Waals surface area contributed by atoms with Crippen molar-refractivity contribution in [2.75, 3.05) is 5.32 Å². The van der Waals surface area contributed by atoms with E-state index < -0.39 is 32.6 Å². The number of azo groups is 3. The van der Waals surface area contributed by atoms with Gasteiger partial charge >= 0.3 is 71.0 Å². The molecule has 7 aromatic carbocycles. The molecule has 0 aromatic heterocycles. The van der Waals surface area contributed by atoms with E-state index in [-0.39, 0.29) is 104 Å². The number of anilines is 1. The molecule has 0 saturated carbocycles. The number of amides is 1. The number of aryl methyl sites for hydroxylation is 2. The molecule has 60 heavy (non-hydrogen) atoms. The number of fused-ring (bicyclic) bond motifs is 2. The number of nitrogens with zero attached hydrogens (tertiary/aromatic N) is 6. The fraction of sp³-hybridized carbons (Fsp3) is 0.0476. The van der Waals surface area contributed by atoms with Crippen LogP contribution in [0.4, 0.5) is 39.8 Å². The topological polar surface area (TPSA) is 241 Å². The number of carbonyl (C=O) groups excluding carboxylic acids is 1. The third-order valence-corrected chi connectivity index (χ3v) is 9.92. The summed E-state index contributed by atoms with van der Waals surface area (Å²) in [6, 6.07) is 32.5. The standard InChI is InChI=1S/C42H31N7O8S.2Na/c1-23-19-26(27-12-16-33(24(2)20-27)46-48-36-22-38(58(55,56)57)30-9-5-6-10-31(30)40(36)51)11-15-32(23)45-47-34-17-14-28(21-35(34)43-41(52)42(53)54)44-49-39-29-8-4-3-7-25(29)13-18-37(39)50;;/h3-22,50-51H,1-2H3,(H,43,52)(H,53,54)(H,55,56,57);;/q;2*+1/p-2. The largest absolute Gasteiger partial charge is 1.00 e. The molecule has 288 valence electrons. The number of rotatable bonds is 9. The summed E-state index contributed by atoms with van der Waals surface area (Å²) in [7, 11) is -4.65. The Bertz CT molecular complexity index is 3030. The first kappa shape index (κ1) is 45.4. The summed E-state index contributed by atoms with van der Waals surface area (Å²) in [6.07, 6.45) is 0. The maximum Gasteiger partial charge on any atom is 1.00 e. The number of aliphatic carboxylic acids is 1. The van der Waals surface area contributed by atoms with Crippen LogP contribution in [0.25, 0.3) is 32.7 Å². The summed E-state index contributed by atoms with van der Waals surface area (Å²) < 4.78 is 33.9. The van der Waals surface area contributed by atoms with Gasteiger partial charge in [0.15, 0.2) is 0 Å². The van der Waals surface area contributed by atoms with E-state index in [4.69, 9.17) is 0 Å². The molecule has 0 radical (unpaired) electrons. The van der Waals surface area contributed by atoms with Gasteiger partial charge in [-0.1, -0.05) is 84.3 Å². The third-order valence-electron chi connectivity index (χ3n) is 9.02. The van der Waals surface area contributed by atoms with Crippen molar-refractivity contribution in [2.24, 2.45) is 30.7 Å². The molecule has 0 heterocycles. The second-order valence-corrected chi connectivity index (χ2v) is 14.3. The number of carboxylic acid groups (broad SMARTS) is 1. The van der Waals surface area contributed by atoms with E-state index in [2.05, 4.69) is 36.0 Å². The summed E-state index contributed by atoms with van der Waals surface area (Å²) in [5.41, 5.74) is 4.23. The summed E-state index contributed by atoms with van der Waals surface area (Å²) in [4.78, 5) is 23.1. The van der Waals surface area contributed by atoms with Crippen molar-refractivity contribution >= 4 is 83.4 Å². The number of carboxylic acids is 1. The summed E-state index contributed by atoms with van der Waals surface area (Å²) in [5, 5.41) is 64.0. The molecule has 0 aliphatic carbocycles. The van der Waals surface area contributed by atoms with Crippen molar-refractivity contribution in [1.82, 2.24) is 0 Å². The third kappa shape index (κ3) is 10.0. The van der Waals surface area contributed by atoms with E-state index in [0.717, 1.165) is 28.1 Å². The second kappa shape index (κ2) is 19.1. The van der Waals surface area contributed by atoms with Gasteiger partial charge in [0.25, 0.3) is 10.1 Å². The monoisotopic (exact) mass is 837 g/mol. The van der Waals surface area contributed by atoms with Gasteiger partial charge in [-0.2, -0.15) is 34.0 Å². The number of nitrogens with one attached hydrogen (secondary N) is 1. The fourth-order valence-corrected chi connectivity index (χ4v) is 6.81. The maximum atomic E-state index is 13.0. The molecule has 0 aliphatic heterocycles. The second-order valence-electron chi connectivity index (χ2n) is 12.9. The van der Waals surface area contributed by atoms with Crippen LogP contribution in [-0.2, 0) is 19.7 Å². The molecule has 0 fully saturated rings. The minimum atomic E-state index is -4.65. The Morgan fingerprint density at radius 1 is 0.600 bits per heavy atom. The van der Waals surface area contributed by atoms with Crippen LogP contribution in [0.2, 0.25) is 0 Å². The smallest absolute Gasteiger partial charge is 0.871 e. The van der Waals surface area contributed by atoms with Crippen molar-refractivity contribution in [2.45, 2.75) is 18.7 Å². The van der Waals surface area contributed by atoms with Crippen molar-refractivity contribution in [3.8, 4) is 22.6 Å². The van der Waals surface area contributed by atoms with E-state index >= 15 is 0 Å². The Labute approximate surface area is 387 Å². The van der Waals surface area contributed by atoms with Gasteiger partial charge in [-0.25, -0.2) is 4.79 Å². The molecule has 0 unspecified atom stereocenters. The van der Waals surface area contributed by atoms with Crippen LogP contribution in [-0.4, -0.2) is 30.0 Å². The Hall–Kier alpha value is -5.69. The Kier molecular flexibility index (Phi) is 14.5. The minimum Gasteiger partial charge on any atom is -0.871 e. The van der Waals surface area contributed by atoms with Crippen LogP contribution >= 0.6 is 0 Å². The zero-order valence-corrected chi connectivity index (χ0v) is 37.3. The van der Waals surface area contributed by atoms with E-state index in [1.165, 1.54) is 36.4 Å². The van der Waals surface area contributed by atoms with E-state index in [1.54, 1.807) is 55.5 Å². The van der Waals surface area contributed by atoms with Gasteiger partial charge in [0.05, 0.1) is 34.1 Å². The Balaban J connectivity index is 0.00000341. The molecule has 7 aromatic rings. The van der Waals surface area contributed by atoms with Crippen LogP contribution in [0.15, 0.2) is 157 Å². The zero-order valence-electron chi connectivity index (χ0n) is 32.5. The predicted octanol–water partition coefficient (Wildman–Crippen LogP) is 3.95. The van der Waals surface area contributed by atoms with Gasteiger partial charge in [0, 0.05) is 10.8 Å². The Morgan fingerprint density at radius 3 is 1.75 bits per heavy atom. The minimum absolute atomic E-state index is 0. The molecule has 0 aliphatic rings. The molecule has 7 rings (SSSR count). The van der Waals surface area contributed by atoms with Gasteiger partial charge in [-0.05, 0) is 95.4 Å². The molecule has 0 saturated heterocycles. The van der Waals surface area contributed by atoms with Crippen LogP contribution < -0.4 is 74.6 Å². The summed E-state index contributed by atoms with van der Waals surface area (Å²) in [5.74, 6) is -3.89. The molecule has 0 bridgehead atoms. The number of benzene rings is 7. The van der Waals surface area contributed by atoms with Gasteiger partial charge in [0.1, 0.15) is 10.6 Å². The molecule has 3 N–H and O–H groups in total. The van der Waals surface area contributed by atoms with Crippen LogP contribution in [0.3, 0.4) is 0 Å². The maximum absolute atomic E-state index is 13.0. The zero-order chi connectivity index (χ0) is 41.1. The van der Waals surface area contributed by atoms with Crippen molar-refractivity contribution in [3.05, 3.63) is 132 Å². The normalized spacial score (nSPS) is 11.6. The van der Waals surface area contributed by atoms with Crippen LogP contribution in [0.1, 0.15) is 11.1 Å². The quantitative estimate of drug-likeness (QED) is 0.0831. The Morgan fingerprint density at radius 2 is 1.15 bits per heavy atom. The van der Waals surface area contributed by atoms with E-state index in [0.29, 0.717) is 22.3 Å². The van der Waals surface area contributed by atoms with Crippen LogP contribution in [0, 0.1) is 13.8 Å². The number of hydrogen-bond acceptors (Lipinski definition) is 12. The molecule has 0 atom stereocenters. The van der Waals surface area contributed by atoms with Crippen LogP contribution in [0.5, 0.6) is 11.5 Å². The van der Waals surface area contributed by atoms with Crippen molar-refractivity contribution < 1.29 is 97.0 Å². The van der Waals surface area contributed by atoms with Crippen molar-refractivity contribution in [1.29, 1.82) is 0 Å². The molecule has 1 amide bonds. The van der Waals surface area contributed by atoms with Gasteiger partial charge in [-0.3, -0.25) is 9.35 Å². The molecule has 0 spiro atoms. The van der Waals surface area contributed by atoms with E-state index in [9.17, 15) is 37.9 Å². The van der Waals surface area contributed by atoms with E-state index in [1.807, 2.05) is 37.3 Å². The van der Waals surface area contributed by atoms with Gasteiger partial charge < -0.3 is 20.6 Å². The molecule has 18 heteroatoms. The number of carbonyl (C=O) groups is 2. The molecule has 15 nitrogen and oxygen atoms in total. The average Bonchev–Trinajstić information content (AvgIpc) is 3.20.